The zero-order chi connectivity index (χ0) is 18.8. The first-order chi connectivity index (χ1) is 13.2. The van der Waals surface area contributed by atoms with Crippen molar-refractivity contribution in [2.45, 2.75) is 26.8 Å². The van der Waals surface area contributed by atoms with Gasteiger partial charge in [-0.05, 0) is 43.7 Å². The molecule has 27 heavy (non-hydrogen) atoms. The van der Waals surface area contributed by atoms with Crippen LogP contribution in [0.4, 0.5) is 0 Å². The zero-order valence-corrected chi connectivity index (χ0v) is 16.7. The Kier molecular flexibility index (Phi) is 5.19. The number of halogens is 1. The summed E-state index contributed by atoms with van der Waals surface area (Å²) in [5.41, 5.74) is 4.55. The molecule has 2 aromatic carbocycles. The van der Waals surface area contributed by atoms with E-state index in [1.807, 2.05) is 18.2 Å². The Balaban J connectivity index is 1.77. The van der Waals surface area contributed by atoms with Crippen molar-refractivity contribution >= 4 is 28.4 Å². The van der Waals surface area contributed by atoms with Gasteiger partial charge in [0.25, 0.3) is 0 Å². The van der Waals surface area contributed by atoms with Crippen LogP contribution in [0.5, 0.6) is 0 Å². The van der Waals surface area contributed by atoms with Crippen molar-refractivity contribution in [3.63, 3.8) is 0 Å². The fourth-order valence-electron chi connectivity index (χ4n) is 3.81. The molecule has 0 atom stereocenters. The van der Waals surface area contributed by atoms with Gasteiger partial charge in [-0.25, -0.2) is 4.98 Å². The number of quaternary nitrogens is 1. The van der Waals surface area contributed by atoms with Crippen LogP contribution in [0.15, 0.2) is 54.7 Å². The van der Waals surface area contributed by atoms with E-state index in [2.05, 4.69) is 59.3 Å². The summed E-state index contributed by atoms with van der Waals surface area (Å²) in [4.78, 5) is 6.55. The highest BCUT2D eigenvalue weighted by molar-refractivity contribution is 6.30. The van der Waals surface area contributed by atoms with Crippen LogP contribution < -0.4 is 4.90 Å². The van der Waals surface area contributed by atoms with Crippen LogP contribution in [0.25, 0.3) is 28.1 Å². The average molecular weight is 382 g/mol. The summed E-state index contributed by atoms with van der Waals surface area (Å²) in [6.45, 7) is 9.00. The van der Waals surface area contributed by atoms with E-state index in [9.17, 15) is 0 Å². The van der Waals surface area contributed by atoms with Crippen molar-refractivity contribution < 1.29 is 4.90 Å². The van der Waals surface area contributed by atoms with Crippen molar-refractivity contribution in [1.29, 1.82) is 0 Å². The van der Waals surface area contributed by atoms with Gasteiger partial charge in [0.2, 0.25) is 5.78 Å². The number of imidazole rings is 2. The molecule has 2 aromatic heterocycles. The number of aryl methyl sites for hydroxylation is 1. The minimum atomic E-state index is 0.761. The predicted molar refractivity (Wildman–Crippen MR) is 113 cm³/mol. The molecule has 4 rings (SSSR count). The minimum absolute atomic E-state index is 0.761. The molecule has 140 valence electrons. The van der Waals surface area contributed by atoms with E-state index in [1.54, 1.807) is 4.90 Å². The molecule has 0 saturated carbocycles. The highest BCUT2D eigenvalue weighted by atomic mass is 35.5. The number of benzene rings is 2. The van der Waals surface area contributed by atoms with E-state index in [-0.39, 0.29) is 0 Å². The van der Waals surface area contributed by atoms with Crippen molar-refractivity contribution in [1.82, 2.24) is 14.0 Å². The molecule has 5 heteroatoms. The van der Waals surface area contributed by atoms with Crippen molar-refractivity contribution in [3.05, 3.63) is 59.8 Å². The van der Waals surface area contributed by atoms with Gasteiger partial charge in [-0.2, -0.15) is 0 Å². The lowest BCUT2D eigenvalue weighted by molar-refractivity contribution is -0.896. The number of rotatable bonds is 7. The van der Waals surface area contributed by atoms with E-state index < -0.39 is 0 Å². The fraction of sp³-hybridized carbons (Fsp3) is 0.318. The largest absolute Gasteiger partial charge is 0.335 e. The summed E-state index contributed by atoms with van der Waals surface area (Å²) in [6.07, 6.45) is 3.34. The highest BCUT2D eigenvalue weighted by Gasteiger charge is 2.16. The molecule has 1 N–H and O–H groups in total. The predicted octanol–water partition coefficient (Wildman–Crippen LogP) is 3.92. The first-order valence-corrected chi connectivity index (χ1v) is 10.1. The lowest BCUT2D eigenvalue weighted by Gasteiger charge is -2.16. The van der Waals surface area contributed by atoms with Gasteiger partial charge in [-0.1, -0.05) is 35.9 Å². The van der Waals surface area contributed by atoms with Crippen molar-refractivity contribution in [3.8, 4) is 11.3 Å². The number of para-hydroxylation sites is 2. The molecule has 4 nitrogen and oxygen atoms in total. The van der Waals surface area contributed by atoms with Gasteiger partial charge in [0.15, 0.2) is 0 Å². The summed E-state index contributed by atoms with van der Waals surface area (Å²) in [5, 5.41) is 0.761. The second kappa shape index (κ2) is 7.75. The molecule has 0 spiro atoms. The number of hydrogen-bond acceptors (Lipinski definition) is 1. The third-order valence-corrected chi connectivity index (χ3v) is 5.66. The minimum Gasteiger partial charge on any atom is -0.335 e. The molecule has 0 unspecified atom stereocenters. The average Bonchev–Trinajstić information content (AvgIpc) is 3.22. The zero-order valence-electron chi connectivity index (χ0n) is 16.0. The first kappa shape index (κ1) is 18.1. The summed E-state index contributed by atoms with van der Waals surface area (Å²) in [5.74, 6) is 1.01. The number of nitrogens with one attached hydrogen (secondary N) is 1. The molecule has 0 radical (unpaired) electrons. The van der Waals surface area contributed by atoms with Crippen LogP contribution in [0.2, 0.25) is 5.02 Å². The number of fused-ring (bicyclic) bond motifs is 3. The number of nitrogens with zero attached hydrogens (tertiary/aromatic N) is 3. The summed E-state index contributed by atoms with van der Waals surface area (Å²) in [6, 6.07) is 16.4. The fourth-order valence-corrected chi connectivity index (χ4v) is 3.94. The lowest BCUT2D eigenvalue weighted by Crippen LogP contribution is -3.11. The van der Waals surface area contributed by atoms with Crippen LogP contribution in [0, 0.1) is 0 Å². The molecule has 2 heterocycles. The van der Waals surface area contributed by atoms with Gasteiger partial charge in [0.1, 0.15) is 0 Å². The molecule has 0 bridgehead atoms. The maximum atomic E-state index is 6.10. The van der Waals surface area contributed by atoms with Gasteiger partial charge in [0.05, 0.1) is 36.4 Å². The number of aromatic nitrogens is 3. The van der Waals surface area contributed by atoms with Crippen LogP contribution in [-0.2, 0) is 6.54 Å². The van der Waals surface area contributed by atoms with Gasteiger partial charge < -0.3 is 9.47 Å². The Hall–Kier alpha value is -2.30. The van der Waals surface area contributed by atoms with E-state index in [1.165, 1.54) is 30.9 Å². The van der Waals surface area contributed by atoms with Crippen molar-refractivity contribution in [2.75, 3.05) is 19.6 Å². The third kappa shape index (κ3) is 3.47. The second-order valence-electron chi connectivity index (χ2n) is 7.00. The summed E-state index contributed by atoms with van der Waals surface area (Å²) >= 11 is 6.10. The lowest BCUT2D eigenvalue weighted by atomic mass is 10.1. The van der Waals surface area contributed by atoms with E-state index in [0.29, 0.717) is 0 Å². The molecule has 0 aliphatic heterocycles. The molecule has 4 aromatic rings. The van der Waals surface area contributed by atoms with Gasteiger partial charge >= 0.3 is 0 Å². The molecule has 0 aliphatic rings. The second-order valence-corrected chi connectivity index (χ2v) is 7.44. The van der Waals surface area contributed by atoms with Crippen LogP contribution in [0.3, 0.4) is 0 Å². The molecule has 0 aliphatic carbocycles. The Morgan fingerprint density at radius 1 is 1.00 bits per heavy atom. The molecular weight excluding hydrogens is 356 g/mol. The summed E-state index contributed by atoms with van der Waals surface area (Å²) < 4.78 is 4.57. The Bertz CT molecular complexity index is 1040. The topological polar surface area (TPSA) is 26.7 Å². The van der Waals surface area contributed by atoms with Gasteiger partial charge in [-0.3, -0.25) is 4.40 Å². The van der Waals surface area contributed by atoms with Crippen molar-refractivity contribution in [2.24, 2.45) is 0 Å². The van der Waals surface area contributed by atoms with Gasteiger partial charge in [0, 0.05) is 24.2 Å². The molecule has 0 saturated heterocycles. The Labute approximate surface area is 165 Å². The molecule has 0 fully saturated rings. The number of hydrogen-bond donors (Lipinski definition) is 1. The first-order valence-electron chi connectivity index (χ1n) is 9.77. The molecular formula is C22H26ClN4+. The summed E-state index contributed by atoms with van der Waals surface area (Å²) in [7, 11) is 0. The van der Waals surface area contributed by atoms with E-state index in [0.717, 1.165) is 34.8 Å². The SMILES string of the molecule is CC[NH+](CC)CCCn1c(-c2ccc(Cl)cc2)cn2c3ccccc3nc12. The maximum absolute atomic E-state index is 6.10. The molecule has 0 amide bonds. The standard InChI is InChI=1S/C22H25ClN4/c1-3-25(4-2)14-7-15-26-21(17-10-12-18(23)13-11-17)16-27-20-9-6-5-8-19(20)24-22(26)27/h5-6,8-13,16H,3-4,7,14-15H2,1-2H3/p+1. The Morgan fingerprint density at radius 3 is 2.48 bits per heavy atom. The smallest absolute Gasteiger partial charge is 0.215 e. The van der Waals surface area contributed by atoms with E-state index >= 15 is 0 Å². The van der Waals surface area contributed by atoms with E-state index in [4.69, 9.17) is 16.6 Å². The van der Waals surface area contributed by atoms with Crippen LogP contribution in [0.1, 0.15) is 20.3 Å². The Morgan fingerprint density at radius 2 is 1.74 bits per heavy atom. The van der Waals surface area contributed by atoms with Crippen LogP contribution >= 0.6 is 11.6 Å². The van der Waals surface area contributed by atoms with Gasteiger partial charge in [-0.15, -0.1) is 0 Å². The monoisotopic (exact) mass is 381 g/mol. The maximum Gasteiger partial charge on any atom is 0.215 e. The third-order valence-electron chi connectivity index (χ3n) is 5.41. The highest BCUT2D eigenvalue weighted by Crippen LogP contribution is 2.27. The quantitative estimate of drug-likeness (QED) is 0.516. The normalized spacial score (nSPS) is 11.9. The van der Waals surface area contributed by atoms with Crippen LogP contribution in [-0.4, -0.2) is 33.6 Å².